The summed E-state index contributed by atoms with van der Waals surface area (Å²) < 4.78 is 16.8. The molecule has 0 aromatic carbocycles. The van der Waals surface area contributed by atoms with Crippen LogP contribution in [0.25, 0.3) is 0 Å². The number of hydrogen-bond acceptors (Lipinski definition) is 6. The maximum atomic E-state index is 12.8. The maximum Gasteiger partial charge on any atom is 0.306 e. The zero-order valence-electron chi connectivity index (χ0n) is 40.2. The molecule has 0 aromatic heterocycles. The molecular formula is C55H96O6. The molecule has 0 aromatic rings. The maximum absolute atomic E-state index is 12.8. The Morgan fingerprint density at radius 1 is 0.328 bits per heavy atom. The quantitative estimate of drug-likeness (QED) is 0.0263. The number of unbranched alkanes of at least 4 members (excludes halogenated alkanes) is 25. The highest BCUT2D eigenvalue weighted by Crippen LogP contribution is 2.14. The van der Waals surface area contributed by atoms with Gasteiger partial charge in [-0.15, -0.1) is 0 Å². The molecule has 0 fully saturated rings. The first kappa shape index (κ1) is 58.1. The molecular weight excluding hydrogens is 757 g/mol. The summed E-state index contributed by atoms with van der Waals surface area (Å²) in [6.45, 7) is 6.54. The summed E-state index contributed by atoms with van der Waals surface area (Å²) in [7, 11) is 0. The van der Waals surface area contributed by atoms with Crippen LogP contribution in [0.5, 0.6) is 0 Å². The molecule has 0 bridgehead atoms. The van der Waals surface area contributed by atoms with Gasteiger partial charge in [0.15, 0.2) is 6.10 Å². The van der Waals surface area contributed by atoms with Crippen LogP contribution < -0.4 is 0 Å². The van der Waals surface area contributed by atoms with E-state index in [0.717, 1.165) is 103 Å². The topological polar surface area (TPSA) is 78.9 Å². The second-order valence-corrected chi connectivity index (χ2v) is 17.1. The van der Waals surface area contributed by atoms with Crippen molar-refractivity contribution in [2.75, 3.05) is 13.2 Å². The molecule has 0 spiro atoms. The molecule has 0 aliphatic rings. The van der Waals surface area contributed by atoms with Crippen molar-refractivity contribution in [2.45, 2.75) is 258 Å². The molecule has 0 amide bonds. The molecule has 0 saturated carbocycles. The first-order chi connectivity index (χ1) is 30.0. The highest BCUT2D eigenvalue weighted by molar-refractivity contribution is 5.71. The lowest BCUT2D eigenvalue weighted by Crippen LogP contribution is -2.30. The van der Waals surface area contributed by atoms with Crippen LogP contribution >= 0.6 is 0 Å². The van der Waals surface area contributed by atoms with Gasteiger partial charge in [-0.1, -0.05) is 210 Å². The van der Waals surface area contributed by atoms with Crippen LogP contribution in [0.3, 0.4) is 0 Å². The van der Waals surface area contributed by atoms with Crippen molar-refractivity contribution in [3.8, 4) is 0 Å². The van der Waals surface area contributed by atoms with E-state index in [9.17, 15) is 14.4 Å². The minimum atomic E-state index is -0.784. The Morgan fingerprint density at radius 2 is 0.607 bits per heavy atom. The predicted molar refractivity (Wildman–Crippen MR) is 261 cm³/mol. The SMILES string of the molecule is CCCC/C=C\C/C=C\CCCCCCCC(=O)OC(COC(=O)CCCCCCCC/C=C\C/C=C\C/C=C\CCCCC)COC(=O)CCCCCCCCCCCC. The number of allylic oxidation sites excluding steroid dienone is 10. The van der Waals surface area contributed by atoms with Gasteiger partial charge in [-0.3, -0.25) is 14.4 Å². The number of esters is 3. The Bertz CT molecular complexity index is 1120. The Labute approximate surface area is 377 Å². The molecule has 1 atom stereocenters. The fourth-order valence-corrected chi connectivity index (χ4v) is 7.05. The fraction of sp³-hybridized carbons (Fsp3) is 0.764. The second kappa shape index (κ2) is 49.8. The van der Waals surface area contributed by atoms with E-state index in [1.807, 2.05) is 0 Å². The minimum absolute atomic E-state index is 0.0829. The lowest BCUT2D eigenvalue weighted by atomic mass is 10.1. The monoisotopic (exact) mass is 853 g/mol. The number of carbonyl (C=O) groups is 3. The van der Waals surface area contributed by atoms with Gasteiger partial charge in [-0.05, 0) is 83.5 Å². The van der Waals surface area contributed by atoms with Gasteiger partial charge in [-0.2, -0.15) is 0 Å². The van der Waals surface area contributed by atoms with Gasteiger partial charge in [-0.25, -0.2) is 0 Å². The van der Waals surface area contributed by atoms with Crippen LogP contribution in [0.2, 0.25) is 0 Å². The Kier molecular flexibility index (Phi) is 47.4. The molecule has 0 N–H and O–H groups in total. The summed E-state index contributed by atoms with van der Waals surface area (Å²) in [5.41, 5.74) is 0. The van der Waals surface area contributed by atoms with Gasteiger partial charge in [0.2, 0.25) is 0 Å². The molecule has 352 valence electrons. The molecule has 0 rings (SSSR count). The van der Waals surface area contributed by atoms with E-state index in [0.29, 0.717) is 19.3 Å². The summed E-state index contributed by atoms with van der Waals surface area (Å²) in [5, 5.41) is 0. The molecule has 61 heavy (non-hydrogen) atoms. The summed E-state index contributed by atoms with van der Waals surface area (Å²) in [6, 6.07) is 0. The van der Waals surface area contributed by atoms with Crippen LogP contribution in [0, 0.1) is 0 Å². The van der Waals surface area contributed by atoms with Crippen LogP contribution in [0.15, 0.2) is 60.8 Å². The van der Waals surface area contributed by atoms with Crippen molar-refractivity contribution >= 4 is 17.9 Å². The van der Waals surface area contributed by atoms with Gasteiger partial charge in [0.1, 0.15) is 13.2 Å². The van der Waals surface area contributed by atoms with E-state index >= 15 is 0 Å². The third kappa shape index (κ3) is 48.0. The summed E-state index contributed by atoms with van der Waals surface area (Å²) >= 11 is 0. The molecule has 0 aliphatic carbocycles. The smallest absolute Gasteiger partial charge is 0.306 e. The third-order valence-corrected chi connectivity index (χ3v) is 11.0. The first-order valence-electron chi connectivity index (χ1n) is 25.8. The van der Waals surface area contributed by atoms with Crippen molar-refractivity contribution in [3.63, 3.8) is 0 Å². The molecule has 0 radical (unpaired) electrons. The van der Waals surface area contributed by atoms with E-state index in [1.165, 1.54) is 109 Å². The van der Waals surface area contributed by atoms with Crippen LogP contribution in [-0.4, -0.2) is 37.2 Å². The lowest BCUT2D eigenvalue weighted by Gasteiger charge is -2.18. The van der Waals surface area contributed by atoms with Crippen molar-refractivity contribution in [3.05, 3.63) is 60.8 Å². The molecule has 0 heterocycles. The standard InChI is InChI=1S/C55H96O6/c1-4-7-10-13-16-19-22-24-26-27-28-29-30-32-33-36-39-42-45-48-54(57)60-51-52(50-59-53(56)47-44-41-38-35-21-18-15-12-9-6-3)61-55(58)49-46-43-40-37-34-31-25-23-20-17-14-11-8-5-2/h14,16-17,19,23-26,28-29,52H,4-13,15,18,20-22,27,30-51H2,1-3H3/b17-14-,19-16-,25-23-,26-24-,29-28-. The fourth-order valence-electron chi connectivity index (χ4n) is 7.05. The average molecular weight is 853 g/mol. The normalized spacial score (nSPS) is 12.5. The number of carbonyl (C=O) groups excluding carboxylic acids is 3. The zero-order valence-corrected chi connectivity index (χ0v) is 40.2. The van der Waals surface area contributed by atoms with Gasteiger partial charge in [0, 0.05) is 19.3 Å². The highest BCUT2D eigenvalue weighted by Gasteiger charge is 2.19. The van der Waals surface area contributed by atoms with Gasteiger partial charge >= 0.3 is 17.9 Å². The van der Waals surface area contributed by atoms with Crippen molar-refractivity contribution in [1.29, 1.82) is 0 Å². The molecule has 6 nitrogen and oxygen atoms in total. The molecule has 1 unspecified atom stereocenters. The summed E-state index contributed by atoms with van der Waals surface area (Å²) in [6.07, 6.45) is 60.5. The minimum Gasteiger partial charge on any atom is -0.462 e. The van der Waals surface area contributed by atoms with Crippen molar-refractivity contribution in [1.82, 2.24) is 0 Å². The van der Waals surface area contributed by atoms with Gasteiger partial charge in [0.05, 0.1) is 0 Å². The van der Waals surface area contributed by atoms with E-state index in [4.69, 9.17) is 14.2 Å². The average Bonchev–Trinajstić information content (AvgIpc) is 3.26. The molecule has 6 heteroatoms. The van der Waals surface area contributed by atoms with Gasteiger partial charge < -0.3 is 14.2 Å². The van der Waals surface area contributed by atoms with E-state index in [-0.39, 0.29) is 31.1 Å². The number of hydrogen-bond donors (Lipinski definition) is 0. The van der Waals surface area contributed by atoms with E-state index in [1.54, 1.807) is 0 Å². The van der Waals surface area contributed by atoms with Crippen LogP contribution in [-0.2, 0) is 28.6 Å². The van der Waals surface area contributed by atoms with Crippen molar-refractivity contribution in [2.24, 2.45) is 0 Å². The van der Waals surface area contributed by atoms with E-state index < -0.39 is 6.10 Å². The van der Waals surface area contributed by atoms with Crippen LogP contribution in [0.4, 0.5) is 0 Å². The lowest BCUT2D eigenvalue weighted by molar-refractivity contribution is -0.167. The van der Waals surface area contributed by atoms with Crippen LogP contribution in [0.1, 0.15) is 252 Å². The molecule has 0 saturated heterocycles. The third-order valence-electron chi connectivity index (χ3n) is 11.0. The first-order valence-corrected chi connectivity index (χ1v) is 25.8. The Morgan fingerprint density at radius 3 is 1.00 bits per heavy atom. The van der Waals surface area contributed by atoms with Crippen molar-refractivity contribution < 1.29 is 28.6 Å². The largest absolute Gasteiger partial charge is 0.462 e. The summed E-state index contributed by atoms with van der Waals surface area (Å²) in [4.78, 5) is 37.9. The molecule has 0 aliphatic heterocycles. The van der Waals surface area contributed by atoms with E-state index in [2.05, 4.69) is 81.5 Å². The summed E-state index contributed by atoms with van der Waals surface area (Å²) in [5.74, 6) is -0.908. The highest BCUT2D eigenvalue weighted by atomic mass is 16.6. The zero-order chi connectivity index (χ0) is 44.4. The second-order valence-electron chi connectivity index (χ2n) is 17.1. The Hall–Kier alpha value is -2.89. The Balaban J connectivity index is 4.37. The number of rotatable bonds is 46. The number of ether oxygens (including phenoxy) is 3. The predicted octanol–water partition coefficient (Wildman–Crippen LogP) is 16.9. The van der Waals surface area contributed by atoms with Gasteiger partial charge in [0.25, 0.3) is 0 Å².